The first-order valence-electron chi connectivity index (χ1n) is 9.45. The predicted molar refractivity (Wildman–Crippen MR) is 119 cm³/mol. The molecule has 0 aromatic heterocycles. The van der Waals surface area contributed by atoms with E-state index >= 15 is 0 Å². The average Bonchev–Trinajstić information content (AvgIpc) is 2.76. The van der Waals surface area contributed by atoms with Gasteiger partial charge in [0.05, 0.1) is 17.6 Å². The van der Waals surface area contributed by atoms with Gasteiger partial charge in [-0.2, -0.15) is 4.31 Å². The lowest BCUT2D eigenvalue weighted by Gasteiger charge is -2.18. The van der Waals surface area contributed by atoms with Crippen LogP contribution in [-0.4, -0.2) is 44.7 Å². The molecule has 0 bridgehead atoms. The Hall–Kier alpha value is -2.88. The number of halogens is 1. The van der Waals surface area contributed by atoms with Crippen molar-refractivity contribution in [3.63, 3.8) is 0 Å². The molecule has 2 aromatic carbocycles. The molecule has 8 nitrogen and oxygen atoms in total. The molecule has 0 spiro atoms. The maximum absolute atomic E-state index is 12.5. The van der Waals surface area contributed by atoms with Crippen LogP contribution in [0.3, 0.4) is 0 Å². The first kappa shape index (κ1) is 24.4. The van der Waals surface area contributed by atoms with E-state index in [9.17, 15) is 18.0 Å². The molecular formula is C21H24ClN3O5S. The molecule has 0 radical (unpaired) electrons. The molecule has 0 saturated carbocycles. The van der Waals surface area contributed by atoms with Crippen LogP contribution >= 0.6 is 11.6 Å². The van der Waals surface area contributed by atoms with Gasteiger partial charge in [-0.15, -0.1) is 0 Å². The fourth-order valence-electron chi connectivity index (χ4n) is 2.72. The highest BCUT2D eigenvalue weighted by Crippen LogP contribution is 2.22. The molecule has 0 saturated heterocycles. The van der Waals surface area contributed by atoms with Gasteiger partial charge in [0.2, 0.25) is 10.0 Å². The van der Waals surface area contributed by atoms with Gasteiger partial charge >= 0.3 is 0 Å². The Balaban J connectivity index is 1.99. The fraction of sp³-hybridized carbons (Fsp3) is 0.238. The van der Waals surface area contributed by atoms with Gasteiger partial charge in [0.15, 0.2) is 0 Å². The van der Waals surface area contributed by atoms with Crippen molar-refractivity contribution < 1.29 is 22.7 Å². The molecule has 0 aliphatic carbocycles. The van der Waals surface area contributed by atoms with Crippen LogP contribution in [0.2, 0.25) is 5.02 Å². The highest BCUT2D eigenvalue weighted by Gasteiger charge is 2.21. The summed E-state index contributed by atoms with van der Waals surface area (Å²) >= 11 is 5.90. The first-order valence-corrected chi connectivity index (χ1v) is 11.3. The topological polar surface area (TPSA) is 105 Å². The van der Waals surface area contributed by atoms with Crippen LogP contribution in [0.4, 0.5) is 0 Å². The summed E-state index contributed by atoms with van der Waals surface area (Å²) in [5.74, 6) is -0.854. The molecule has 2 N–H and O–H groups in total. The molecule has 0 aliphatic heterocycles. The predicted octanol–water partition coefficient (Wildman–Crippen LogP) is 2.85. The monoisotopic (exact) mass is 465 g/mol. The highest BCUT2D eigenvalue weighted by molar-refractivity contribution is 7.89. The Kier molecular flexibility index (Phi) is 8.61. The van der Waals surface area contributed by atoms with E-state index in [0.29, 0.717) is 29.4 Å². The van der Waals surface area contributed by atoms with Gasteiger partial charge in [-0.3, -0.25) is 20.4 Å². The first-order chi connectivity index (χ1) is 14.7. The molecule has 31 heavy (non-hydrogen) atoms. The normalized spacial score (nSPS) is 11.5. The number of hydrazine groups is 1. The van der Waals surface area contributed by atoms with E-state index < -0.39 is 21.8 Å². The number of ether oxygens (including phenoxy) is 1. The SMILES string of the molecule is CCN(CC)S(=O)(=O)c1ccc(C=CC(=O)NNC(=O)c2cc(Cl)ccc2OC)cc1. The molecule has 2 aromatic rings. The zero-order valence-corrected chi connectivity index (χ0v) is 19.0. The molecule has 0 atom stereocenters. The van der Waals surface area contributed by atoms with E-state index in [1.807, 2.05) is 0 Å². The van der Waals surface area contributed by atoms with Crippen molar-refractivity contribution >= 4 is 39.5 Å². The van der Waals surface area contributed by atoms with Gasteiger partial charge < -0.3 is 4.74 Å². The highest BCUT2D eigenvalue weighted by atomic mass is 35.5. The van der Waals surface area contributed by atoms with Crippen molar-refractivity contribution in [2.45, 2.75) is 18.7 Å². The van der Waals surface area contributed by atoms with E-state index in [0.717, 1.165) is 0 Å². The molecule has 2 rings (SSSR count). The number of hydrogen-bond donors (Lipinski definition) is 2. The Morgan fingerprint density at radius 2 is 1.71 bits per heavy atom. The summed E-state index contributed by atoms with van der Waals surface area (Å²) in [6.45, 7) is 4.32. The van der Waals surface area contributed by atoms with Gasteiger partial charge in [-0.1, -0.05) is 37.6 Å². The quantitative estimate of drug-likeness (QED) is 0.460. The van der Waals surface area contributed by atoms with E-state index in [-0.39, 0.29) is 10.5 Å². The van der Waals surface area contributed by atoms with Gasteiger partial charge in [0.25, 0.3) is 11.8 Å². The molecule has 2 amide bonds. The van der Waals surface area contributed by atoms with Gasteiger partial charge in [-0.25, -0.2) is 8.42 Å². The van der Waals surface area contributed by atoms with Gasteiger partial charge in [0.1, 0.15) is 5.75 Å². The zero-order chi connectivity index (χ0) is 23.0. The van der Waals surface area contributed by atoms with Crippen LogP contribution in [0.5, 0.6) is 5.75 Å². The maximum atomic E-state index is 12.5. The number of benzene rings is 2. The third kappa shape index (κ3) is 6.30. The molecule has 166 valence electrons. The van der Waals surface area contributed by atoms with Crippen molar-refractivity contribution in [1.82, 2.24) is 15.2 Å². The van der Waals surface area contributed by atoms with Crippen molar-refractivity contribution in [1.29, 1.82) is 0 Å². The second kappa shape index (κ2) is 10.9. The Morgan fingerprint density at radius 3 is 2.29 bits per heavy atom. The number of nitrogens with zero attached hydrogens (tertiary/aromatic N) is 1. The number of rotatable bonds is 8. The number of carbonyl (C=O) groups excluding carboxylic acids is 2. The lowest BCUT2D eigenvalue weighted by Crippen LogP contribution is -2.40. The van der Waals surface area contributed by atoms with E-state index in [1.165, 1.54) is 41.8 Å². The van der Waals surface area contributed by atoms with Crippen LogP contribution < -0.4 is 15.6 Å². The molecule has 0 unspecified atom stereocenters. The van der Waals surface area contributed by atoms with Crippen molar-refractivity contribution in [2.24, 2.45) is 0 Å². The average molecular weight is 466 g/mol. The number of nitrogens with one attached hydrogen (secondary N) is 2. The lowest BCUT2D eigenvalue weighted by atomic mass is 10.2. The number of carbonyl (C=O) groups is 2. The molecule has 10 heteroatoms. The second-order valence-electron chi connectivity index (χ2n) is 6.28. The van der Waals surface area contributed by atoms with Crippen LogP contribution in [-0.2, 0) is 14.8 Å². The summed E-state index contributed by atoms with van der Waals surface area (Å²) in [6, 6.07) is 10.7. The summed E-state index contributed by atoms with van der Waals surface area (Å²) < 4.78 is 31.5. The van der Waals surface area contributed by atoms with E-state index in [4.69, 9.17) is 16.3 Å². The van der Waals surface area contributed by atoms with Crippen molar-refractivity contribution in [3.05, 3.63) is 64.7 Å². The third-order valence-corrected chi connectivity index (χ3v) is 6.66. The molecule has 0 aliphatic rings. The van der Waals surface area contributed by atoms with Crippen LogP contribution in [0.1, 0.15) is 29.8 Å². The summed E-state index contributed by atoms with van der Waals surface area (Å²) in [4.78, 5) is 24.4. The van der Waals surface area contributed by atoms with Gasteiger partial charge in [0, 0.05) is 24.2 Å². The number of hydrogen-bond acceptors (Lipinski definition) is 5. The second-order valence-corrected chi connectivity index (χ2v) is 8.65. The smallest absolute Gasteiger partial charge is 0.273 e. The Bertz CT molecular complexity index is 1060. The minimum Gasteiger partial charge on any atom is -0.496 e. The van der Waals surface area contributed by atoms with Crippen LogP contribution in [0.25, 0.3) is 6.08 Å². The van der Waals surface area contributed by atoms with Gasteiger partial charge in [-0.05, 0) is 42.0 Å². The summed E-state index contributed by atoms with van der Waals surface area (Å²) in [5, 5.41) is 0.351. The lowest BCUT2D eigenvalue weighted by molar-refractivity contribution is -0.117. The van der Waals surface area contributed by atoms with E-state index in [2.05, 4.69) is 10.9 Å². The third-order valence-electron chi connectivity index (χ3n) is 4.36. The van der Waals surface area contributed by atoms with Crippen LogP contribution in [0, 0.1) is 0 Å². The number of methoxy groups -OCH3 is 1. The van der Waals surface area contributed by atoms with Crippen molar-refractivity contribution in [2.75, 3.05) is 20.2 Å². The number of sulfonamides is 1. The molecule has 0 fully saturated rings. The summed E-state index contributed by atoms with van der Waals surface area (Å²) in [5.41, 5.74) is 5.33. The summed E-state index contributed by atoms with van der Waals surface area (Å²) in [7, 11) is -2.12. The fourth-order valence-corrected chi connectivity index (χ4v) is 4.35. The molecule has 0 heterocycles. The van der Waals surface area contributed by atoms with E-state index in [1.54, 1.807) is 38.1 Å². The minimum atomic E-state index is -3.54. The maximum Gasteiger partial charge on any atom is 0.273 e. The Morgan fingerprint density at radius 1 is 1.06 bits per heavy atom. The standard InChI is InChI=1S/C21H24ClN3O5S/c1-4-25(5-2)31(28,29)17-10-6-15(7-11-17)8-13-20(26)23-24-21(27)18-14-16(22)9-12-19(18)30-3/h6-14H,4-5H2,1-3H3,(H,23,26)(H,24,27). The number of amides is 2. The zero-order valence-electron chi connectivity index (χ0n) is 17.4. The summed E-state index contributed by atoms with van der Waals surface area (Å²) in [6.07, 6.45) is 2.71. The Labute approximate surface area is 186 Å². The van der Waals surface area contributed by atoms with Crippen LogP contribution in [0.15, 0.2) is 53.4 Å². The molecular weight excluding hydrogens is 442 g/mol. The minimum absolute atomic E-state index is 0.171. The van der Waals surface area contributed by atoms with Crippen molar-refractivity contribution in [3.8, 4) is 5.75 Å². The largest absolute Gasteiger partial charge is 0.496 e.